The van der Waals surface area contributed by atoms with E-state index in [0.717, 1.165) is 24.7 Å². The minimum atomic E-state index is 0.111. The molecule has 1 aromatic heterocycles. The van der Waals surface area contributed by atoms with Crippen molar-refractivity contribution in [3.05, 3.63) is 12.4 Å². The molecule has 3 rings (SSSR count). The van der Waals surface area contributed by atoms with Gasteiger partial charge in [-0.15, -0.1) is 0 Å². The Morgan fingerprint density at radius 1 is 1.19 bits per heavy atom. The van der Waals surface area contributed by atoms with Crippen LogP contribution in [0.2, 0.25) is 0 Å². The largest absolute Gasteiger partial charge is 0.395 e. The monoisotopic (exact) mass is 291 g/mol. The van der Waals surface area contributed by atoms with E-state index in [2.05, 4.69) is 25.5 Å². The van der Waals surface area contributed by atoms with Crippen molar-refractivity contribution in [3.8, 4) is 0 Å². The summed E-state index contributed by atoms with van der Waals surface area (Å²) in [5.41, 5.74) is 0.562. The minimum absolute atomic E-state index is 0.111. The highest BCUT2D eigenvalue weighted by Crippen LogP contribution is 2.40. The van der Waals surface area contributed by atoms with Gasteiger partial charge in [0.05, 0.1) is 6.61 Å². The number of aliphatic hydroxyl groups excluding tert-OH is 1. The Hall–Kier alpha value is -1.40. The third kappa shape index (κ3) is 3.44. The average molecular weight is 291 g/mol. The molecule has 3 N–H and O–H groups in total. The van der Waals surface area contributed by atoms with Crippen LogP contribution in [0, 0.1) is 5.41 Å². The van der Waals surface area contributed by atoms with Crippen molar-refractivity contribution in [3.63, 3.8) is 0 Å². The third-order valence-electron chi connectivity index (χ3n) is 4.88. The lowest BCUT2D eigenvalue weighted by Gasteiger charge is -2.44. The van der Waals surface area contributed by atoms with Crippen LogP contribution in [-0.4, -0.2) is 54.4 Å². The molecule has 2 saturated heterocycles. The fraction of sp³-hybridized carbons (Fsp3) is 0.733. The first-order chi connectivity index (χ1) is 10.3. The van der Waals surface area contributed by atoms with E-state index in [1.807, 2.05) is 6.07 Å². The summed E-state index contributed by atoms with van der Waals surface area (Å²) in [6, 6.07) is 1.98. The number of nitrogens with zero attached hydrogens (tertiary/aromatic N) is 3. The smallest absolute Gasteiger partial charge is 0.134 e. The van der Waals surface area contributed by atoms with Crippen LogP contribution in [0.5, 0.6) is 0 Å². The normalized spacial score (nSPS) is 21.5. The van der Waals surface area contributed by atoms with E-state index < -0.39 is 0 Å². The molecule has 6 heteroatoms. The van der Waals surface area contributed by atoms with Crippen LogP contribution in [0.1, 0.15) is 25.7 Å². The Morgan fingerprint density at radius 3 is 2.67 bits per heavy atom. The summed E-state index contributed by atoms with van der Waals surface area (Å²) >= 11 is 0. The highest BCUT2D eigenvalue weighted by atomic mass is 16.3. The summed E-state index contributed by atoms with van der Waals surface area (Å²) in [6.45, 7) is 5.13. The zero-order valence-electron chi connectivity index (χ0n) is 12.5. The molecule has 0 aliphatic carbocycles. The molecule has 3 heterocycles. The molecule has 1 spiro atoms. The number of anilines is 2. The first-order valence-electron chi connectivity index (χ1n) is 7.94. The second-order valence-electron chi connectivity index (χ2n) is 6.15. The molecular formula is C15H25N5O. The molecule has 116 valence electrons. The minimum Gasteiger partial charge on any atom is -0.395 e. The molecule has 21 heavy (non-hydrogen) atoms. The predicted molar refractivity (Wildman–Crippen MR) is 83.6 cm³/mol. The molecule has 0 amide bonds. The van der Waals surface area contributed by atoms with Gasteiger partial charge < -0.3 is 20.6 Å². The number of hydrogen-bond donors (Lipinski definition) is 3. The first kappa shape index (κ1) is 14.5. The van der Waals surface area contributed by atoms with Crippen LogP contribution in [0.3, 0.4) is 0 Å². The van der Waals surface area contributed by atoms with E-state index in [0.29, 0.717) is 12.0 Å². The van der Waals surface area contributed by atoms with Gasteiger partial charge in [0.25, 0.3) is 0 Å². The van der Waals surface area contributed by atoms with Crippen molar-refractivity contribution in [2.75, 3.05) is 49.5 Å². The average Bonchev–Trinajstić information content (AvgIpc) is 2.55. The highest BCUT2D eigenvalue weighted by Gasteiger charge is 2.35. The van der Waals surface area contributed by atoms with Gasteiger partial charge in [-0.05, 0) is 44.2 Å². The predicted octanol–water partition coefficient (Wildman–Crippen LogP) is 0.851. The molecule has 0 bridgehead atoms. The molecule has 0 radical (unpaired) electrons. The SMILES string of the molecule is OCCNc1cc(N2CCC3(CCNCC3)CC2)ncn1. The van der Waals surface area contributed by atoms with Gasteiger partial charge in [0.1, 0.15) is 18.0 Å². The van der Waals surface area contributed by atoms with E-state index in [9.17, 15) is 0 Å². The second kappa shape index (κ2) is 6.58. The lowest BCUT2D eigenvalue weighted by Crippen LogP contribution is -2.45. The number of aromatic nitrogens is 2. The third-order valence-corrected chi connectivity index (χ3v) is 4.88. The van der Waals surface area contributed by atoms with Crippen LogP contribution >= 0.6 is 0 Å². The Labute approximate surface area is 126 Å². The Bertz CT molecular complexity index is 451. The summed E-state index contributed by atoms with van der Waals surface area (Å²) in [6.07, 6.45) is 6.75. The lowest BCUT2D eigenvalue weighted by molar-refractivity contribution is 0.154. The van der Waals surface area contributed by atoms with Gasteiger partial charge in [0, 0.05) is 25.7 Å². The summed E-state index contributed by atoms with van der Waals surface area (Å²) in [7, 11) is 0. The number of aliphatic hydroxyl groups is 1. The molecule has 0 saturated carbocycles. The molecule has 6 nitrogen and oxygen atoms in total. The fourth-order valence-electron chi connectivity index (χ4n) is 3.47. The van der Waals surface area contributed by atoms with Crippen molar-refractivity contribution in [2.24, 2.45) is 5.41 Å². The van der Waals surface area contributed by atoms with Crippen molar-refractivity contribution < 1.29 is 5.11 Å². The van der Waals surface area contributed by atoms with Crippen LogP contribution in [0.15, 0.2) is 12.4 Å². The van der Waals surface area contributed by atoms with Crippen LogP contribution in [0.25, 0.3) is 0 Å². The second-order valence-corrected chi connectivity index (χ2v) is 6.15. The summed E-state index contributed by atoms with van der Waals surface area (Å²) in [5, 5.41) is 15.4. The number of piperidine rings is 2. The number of rotatable bonds is 4. The quantitative estimate of drug-likeness (QED) is 0.764. The van der Waals surface area contributed by atoms with E-state index >= 15 is 0 Å². The zero-order chi connectivity index (χ0) is 14.5. The van der Waals surface area contributed by atoms with E-state index in [-0.39, 0.29) is 6.61 Å². The van der Waals surface area contributed by atoms with Crippen LogP contribution < -0.4 is 15.5 Å². The Kier molecular flexibility index (Phi) is 4.55. The molecule has 2 fully saturated rings. The summed E-state index contributed by atoms with van der Waals surface area (Å²) < 4.78 is 0. The summed E-state index contributed by atoms with van der Waals surface area (Å²) in [5.74, 6) is 1.78. The molecular weight excluding hydrogens is 266 g/mol. The maximum absolute atomic E-state index is 8.86. The standard InChI is InChI=1S/C15H25N5O/c21-10-7-17-13-11-14(19-12-18-13)20-8-3-15(4-9-20)1-5-16-6-2-15/h11-12,16,21H,1-10H2,(H,17,18,19). The maximum atomic E-state index is 8.86. The molecule has 0 atom stereocenters. The zero-order valence-corrected chi connectivity index (χ0v) is 12.5. The van der Waals surface area contributed by atoms with E-state index in [4.69, 9.17) is 5.11 Å². The molecule has 1 aromatic rings. The molecule has 2 aliphatic heterocycles. The molecule has 0 aromatic carbocycles. The van der Waals surface area contributed by atoms with Crippen molar-refractivity contribution in [2.45, 2.75) is 25.7 Å². The van der Waals surface area contributed by atoms with Crippen LogP contribution in [0.4, 0.5) is 11.6 Å². The van der Waals surface area contributed by atoms with Gasteiger partial charge in [0.15, 0.2) is 0 Å². The van der Waals surface area contributed by atoms with Gasteiger partial charge in [-0.2, -0.15) is 0 Å². The maximum Gasteiger partial charge on any atom is 0.134 e. The summed E-state index contributed by atoms with van der Waals surface area (Å²) in [4.78, 5) is 11.0. The van der Waals surface area contributed by atoms with Gasteiger partial charge in [-0.25, -0.2) is 9.97 Å². The van der Waals surface area contributed by atoms with Gasteiger partial charge in [0.2, 0.25) is 0 Å². The fourth-order valence-corrected chi connectivity index (χ4v) is 3.47. The Morgan fingerprint density at radius 2 is 1.95 bits per heavy atom. The van der Waals surface area contributed by atoms with E-state index in [1.54, 1.807) is 6.33 Å². The van der Waals surface area contributed by atoms with Gasteiger partial charge in [-0.3, -0.25) is 0 Å². The van der Waals surface area contributed by atoms with Gasteiger partial charge >= 0.3 is 0 Å². The van der Waals surface area contributed by atoms with Crippen molar-refractivity contribution in [1.82, 2.24) is 15.3 Å². The highest BCUT2D eigenvalue weighted by molar-refractivity contribution is 5.48. The number of nitrogens with one attached hydrogen (secondary N) is 2. The number of hydrogen-bond acceptors (Lipinski definition) is 6. The first-order valence-corrected chi connectivity index (χ1v) is 7.94. The van der Waals surface area contributed by atoms with Crippen molar-refractivity contribution in [1.29, 1.82) is 0 Å². The van der Waals surface area contributed by atoms with Crippen LogP contribution in [-0.2, 0) is 0 Å². The Balaban J connectivity index is 1.61. The lowest BCUT2D eigenvalue weighted by atomic mass is 9.71. The van der Waals surface area contributed by atoms with Gasteiger partial charge in [-0.1, -0.05) is 0 Å². The topological polar surface area (TPSA) is 73.3 Å². The van der Waals surface area contributed by atoms with Crippen molar-refractivity contribution >= 4 is 11.6 Å². The molecule has 0 unspecified atom stereocenters. The van der Waals surface area contributed by atoms with E-state index in [1.165, 1.54) is 38.8 Å². The molecule has 2 aliphatic rings.